The van der Waals surface area contributed by atoms with Crippen LogP contribution in [0.5, 0.6) is 0 Å². The molecule has 0 spiro atoms. The van der Waals surface area contributed by atoms with Gasteiger partial charge in [-0.2, -0.15) is 0 Å². The maximum Gasteiger partial charge on any atom is 0.487 e. The molecule has 0 aromatic carbocycles. The van der Waals surface area contributed by atoms with Crippen LogP contribution in [0.4, 0.5) is 0 Å². The fourth-order valence-electron chi connectivity index (χ4n) is 2.44. The van der Waals surface area contributed by atoms with Crippen LogP contribution in [0.1, 0.15) is 54.4 Å². The van der Waals surface area contributed by atoms with Crippen molar-refractivity contribution in [2.24, 2.45) is 0 Å². The summed E-state index contributed by atoms with van der Waals surface area (Å²) in [6.45, 7) is 13.4. The summed E-state index contributed by atoms with van der Waals surface area (Å²) >= 11 is 0. The second-order valence-corrected chi connectivity index (χ2v) is 6.98. The minimum absolute atomic E-state index is 0.0618. The lowest BCUT2D eigenvalue weighted by Gasteiger charge is -2.32. The molecule has 102 valence electrons. The van der Waals surface area contributed by atoms with Crippen LogP contribution in [-0.4, -0.2) is 30.5 Å². The predicted octanol–water partition coefficient (Wildman–Crippen LogP) is 3.13. The van der Waals surface area contributed by atoms with Crippen molar-refractivity contribution in [3.05, 3.63) is 11.5 Å². The topological polar surface area (TPSA) is 27.7 Å². The van der Waals surface area contributed by atoms with E-state index in [1.807, 2.05) is 0 Å². The molecule has 0 amide bonds. The van der Waals surface area contributed by atoms with Gasteiger partial charge < -0.3 is 14.0 Å². The number of rotatable bonds is 1. The van der Waals surface area contributed by atoms with Gasteiger partial charge in [0.25, 0.3) is 0 Å². The summed E-state index contributed by atoms with van der Waals surface area (Å²) in [4.78, 5) is 0. The van der Waals surface area contributed by atoms with Gasteiger partial charge in [-0.3, -0.25) is 0 Å². The highest BCUT2D eigenvalue weighted by atomic mass is 16.7. The Bertz CT molecular complexity index is 342. The van der Waals surface area contributed by atoms with Crippen molar-refractivity contribution in [3.8, 4) is 0 Å². The van der Waals surface area contributed by atoms with Crippen molar-refractivity contribution >= 4 is 7.12 Å². The van der Waals surface area contributed by atoms with Gasteiger partial charge in [0.1, 0.15) is 0 Å². The van der Waals surface area contributed by atoms with Crippen LogP contribution in [0, 0.1) is 0 Å². The summed E-state index contributed by atoms with van der Waals surface area (Å²) in [5, 5.41) is 0. The van der Waals surface area contributed by atoms with E-state index in [9.17, 15) is 0 Å². The molecular formula is C14H25BO3. The van der Waals surface area contributed by atoms with Crippen LogP contribution in [0.3, 0.4) is 0 Å². The molecule has 2 aliphatic heterocycles. The molecule has 18 heavy (non-hydrogen) atoms. The fourth-order valence-corrected chi connectivity index (χ4v) is 2.44. The van der Waals surface area contributed by atoms with E-state index in [2.05, 4.69) is 47.5 Å². The molecule has 3 nitrogen and oxygen atoms in total. The van der Waals surface area contributed by atoms with Gasteiger partial charge in [0.2, 0.25) is 0 Å². The molecule has 2 rings (SSSR count). The van der Waals surface area contributed by atoms with Crippen molar-refractivity contribution in [3.63, 3.8) is 0 Å². The van der Waals surface area contributed by atoms with Gasteiger partial charge in [0.05, 0.1) is 23.4 Å². The Hall–Kier alpha value is -0.315. The summed E-state index contributed by atoms with van der Waals surface area (Å²) < 4.78 is 17.7. The standard InChI is InChI=1S/C14H25BO3/c1-12(2)9-11(7-8-16-12)10-15-17-13(3,4)14(5,6)18-15/h10H,7-9H2,1-6H3. The first-order valence-corrected chi connectivity index (χ1v) is 6.81. The molecule has 2 aliphatic rings. The molecular weight excluding hydrogens is 227 g/mol. The minimum atomic E-state index is -0.255. The minimum Gasteiger partial charge on any atom is -0.400 e. The molecule has 0 unspecified atom stereocenters. The molecule has 0 aliphatic carbocycles. The van der Waals surface area contributed by atoms with Crippen molar-refractivity contribution in [2.75, 3.05) is 6.61 Å². The highest BCUT2D eigenvalue weighted by Gasteiger charge is 2.50. The van der Waals surface area contributed by atoms with Gasteiger partial charge in [-0.1, -0.05) is 11.5 Å². The van der Waals surface area contributed by atoms with E-state index in [0.717, 1.165) is 19.4 Å². The second-order valence-electron chi connectivity index (χ2n) is 6.98. The zero-order valence-electron chi connectivity index (χ0n) is 12.5. The van der Waals surface area contributed by atoms with Gasteiger partial charge in [-0.15, -0.1) is 0 Å². The smallest absolute Gasteiger partial charge is 0.400 e. The molecule has 0 aromatic rings. The van der Waals surface area contributed by atoms with E-state index in [0.29, 0.717) is 0 Å². The Balaban J connectivity index is 2.07. The monoisotopic (exact) mass is 252 g/mol. The molecule has 2 saturated heterocycles. The van der Waals surface area contributed by atoms with Crippen LogP contribution < -0.4 is 0 Å². The SMILES string of the molecule is CC1(C)CC(=CB2OC(C)(C)C(C)(C)O2)CCO1. The average Bonchev–Trinajstić information content (AvgIpc) is 2.32. The molecule has 0 atom stereocenters. The highest BCUT2D eigenvalue weighted by Crippen LogP contribution is 2.38. The van der Waals surface area contributed by atoms with Crippen molar-refractivity contribution in [1.82, 2.24) is 0 Å². The van der Waals surface area contributed by atoms with E-state index < -0.39 is 0 Å². The molecule has 2 fully saturated rings. The van der Waals surface area contributed by atoms with Gasteiger partial charge in [0, 0.05) is 0 Å². The first kappa shape index (κ1) is 14.1. The first-order valence-electron chi connectivity index (χ1n) is 6.81. The predicted molar refractivity (Wildman–Crippen MR) is 73.4 cm³/mol. The molecule has 4 heteroatoms. The average molecular weight is 252 g/mol. The second kappa shape index (κ2) is 4.36. The van der Waals surface area contributed by atoms with E-state index >= 15 is 0 Å². The summed E-state index contributed by atoms with van der Waals surface area (Å²) in [6, 6.07) is 0. The first-order chi connectivity index (χ1) is 8.11. The summed E-state index contributed by atoms with van der Waals surface area (Å²) in [5.41, 5.74) is 0.809. The van der Waals surface area contributed by atoms with Crippen molar-refractivity contribution in [2.45, 2.75) is 71.2 Å². The fraction of sp³-hybridized carbons (Fsp3) is 0.857. The zero-order chi connectivity index (χ0) is 13.6. The van der Waals surface area contributed by atoms with Gasteiger partial charge >= 0.3 is 7.12 Å². The third kappa shape index (κ3) is 2.81. The summed E-state index contributed by atoms with van der Waals surface area (Å²) in [6.07, 6.45) is 1.94. The van der Waals surface area contributed by atoms with Crippen LogP contribution in [0.2, 0.25) is 0 Å². The normalized spacial score (nSPS) is 31.9. The Morgan fingerprint density at radius 3 is 2.06 bits per heavy atom. The van der Waals surface area contributed by atoms with Crippen LogP contribution in [0.25, 0.3) is 0 Å². The van der Waals surface area contributed by atoms with E-state index in [-0.39, 0.29) is 23.9 Å². The highest BCUT2D eigenvalue weighted by molar-refractivity contribution is 6.51. The number of ether oxygens (including phenoxy) is 1. The van der Waals surface area contributed by atoms with Crippen LogP contribution >= 0.6 is 0 Å². The molecule has 2 heterocycles. The summed E-state index contributed by atoms with van der Waals surface area (Å²) in [5.74, 6) is 2.14. The zero-order valence-corrected chi connectivity index (χ0v) is 12.5. The van der Waals surface area contributed by atoms with Gasteiger partial charge in [-0.05, 0) is 54.4 Å². The Kier molecular flexibility index (Phi) is 3.42. The van der Waals surface area contributed by atoms with Crippen molar-refractivity contribution < 1.29 is 14.0 Å². The molecule has 0 saturated carbocycles. The van der Waals surface area contributed by atoms with Crippen LogP contribution in [-0.2, 0) is 14.0 Å². The quantitative estimate of drug-likeness (QED) is 0.671. The van der Waals surface area contributed by atoms with Gasteiger partial charge in [-0.25, -0.2) is 0 Å². The lowest BCUT2D eigenvalue weighted by atomic mass is 9.82. The maximum absolute atomic E-state index is 6.00. The number of hydrogen-bond donors (Lipinski definition) is 0. The van der Waals surface area contributed by atoms with Crippen molar-refractivity contribution in [1.29, 1.82) is 0 Å². The lowest BCUT2D eigenvalue weighted by molar-refractivity contribution is -0.0332. The third-order valence-corrected chi connectivity index (χ3v) is 4.21. The Morgan fingerprint density at radius 1 is 1.00 bits per heavy atom. The van der Waals surface area contributed by atoms with E-state index in [1.165, 1.54) is 5.57 Å². The Labute approximate surface area is 111 Å². The number of hydrogen-bond acceptors (Lipinski definition) is 3. The third-order valence-electron chi connectivity index (χ3n) is 4.21. The lowest BCUT2D eigenvalue weighted by Crippen LogP contribution is -2.41. The summed E-state index contributed by atoms with van der Waals surface area (Å²) in [7, 11) is -0.223. The maximum atomic E-state index is 6.00. The van der Waals surface area contributed by atoms with Crippen LogP contribution in [0.15, 0.2) is 11.5 Å². The molecule has 0 radical (unpaired) electrons. The molecule has 0 aromatic heterocycles. The van der Waals surface area contributed by atoms with Gasteiger partial charge in [0.15, 0.2) is 0 Å². The largest absolute Gasteiger partial charge is 0.487 e. The Morgan fingerprint density at radius 2 is 1.56 bits per heavy atom. The van der Waals surface area contributed by atoms with E-state index in [1.54, 1.807) is 0 Å². The molecule has 0 bridgehead atoms. The van der Waals surface area contributed by atoms with E-state index in [4.69, 9.17) is 14.0 Å². The molecule has 0 N–H and O–H groups in total.